The molecule has 1 aromatic rings. The van der Waals surface area contributed by atoms with Crippen LogP contribution in [0.3, 0.4) is 0 Å². The first-order valence-electron chi connectivity index (χ1n) is 7.25. The summed E-state index contributed by atoms with van der Waals surface area (Å²) in [6.07, 6.45) is -0.289. The number of hydrogen-bond donors (Lipinski definition) is 2. The largest absolute Gasteiger partial charge is 0.480 e. The van der Waals surface area contributed by atoms with E-state index in [-0.39, 0.29) is 29.4 Å². The van der Waals surface area contributed by atoms with E-state index in [4.69, 9.17) is 9.84 Å². The summed E-state index contributed by atoms with van der Waals surface area (Å²) in [4.78, 5) is 33.1. The summed E-state index contributed by atoms with van der Waals surface area (Å²) in [5.41, 5.74) is -0.334. The van der Waals surface area contributed by atoms with Crippen LogP contribution in [-0.4, -0.2) is 54.5 Å². The highest BCUT2D eigenvalue weighted by molar-refractivity contribution is 7.91. The van der Waals surface area contributed by atoms with Crippen LogP contribution < -0.4 is 10.1 Å². The van der Waals surface area contributed by atoms with Gasteiger partial charge in [0.25, 0.3) is 5.91 Å². The van der Waals surface area contributed by atoms with Gasteiger partial charge in [-0.25, -0.2) is 13.2 Å². The molecule has 1 amide bonds. The third kappa shape index (κ3) is 6.75. The number of hydrogen-bond acceptors (Lipinski definition) is 7. The van der Waals surface area contributed by atoms with E-state index in [1.165, 1.54) is 31.2 Å². The van der Waals surface area contributed by atoms with Gasteiger partial charge in [-0.3, -0.25) is 14.9 Å². The van der Waals surface area contributed by atoms with Gasteiger partial charge in [-0.05, 0) is 12.5 Å². The second-order valence-electron chi connectivity index (χ2n) is 5.00. The van der Waals surface area contributed by atoms with E-state index in [2.05, 4.69) is 5.32 Å². The van der Waals surface area contributed by atoms with Gasteiger partial charge in [-0.15, -0.1) is 0 Å². The van der Waals surface area contributed by atoms with Crippen LogP contribution in [0.1, 0.15) is 13.3 Å². The minimum atomic E-state index is -3.38. The first-order valence-corrected chi connectivity index (χ1v) is 9.07. The molecule has 0 saturated carbocycles. The van der Waals surface area contributed by atoms with Crippen molar-refractivity contribution in [3.8, 4) is 5.75 Å². The Kier molecular flexibility index (Phi) is 7.30. The Bertz CT molecular complexity index is 747. The average molecular weight is 374 g/mol. The average Bonchev–Trinajstić information content (AvgIpc) is 2.56. The molecule has 11 heteroatoms. The molecule has 138 valence electrons. The lowest BCUT2D eigenvalue weighted by Gasteiger charge is -2.14. The number of para-hydroxylation sites is 2. The molecule has 1 atom stereocenters. The zero-order valence-corrected chi connectivity index (χ0v) is 14.2. The standard InChI is InChI=1S/C14H18N2O8S/c1-2-25(22,23)8-7-10(14(18)19)15-13(17)9-24-12-6-4-3-5-11(12)16(20)21/h3-6,10H,2,7-9H2,1H3,(H,15,17)(H,18,19). The first kappa shape index (κ1) is 20.4. The van der Waals surface area contributed by atoms with E-state index in [1.807, 2.05) is 0 Å². The summed E-state index contributed by atoms with van der Waals surface area (Å²) in [7, 11) is -3.38. The summed E-state index contributed by atoms with van der Waals surface area (Å²) in [6, 6.07) is 4.01. The van der Waals surface area contributed by atoms with Crippen LogP contribution in [0.5, 0.6) is 5.75 Å². The molecule has 0 radical (unpaired) electrons. The van der Waals surface area contributed by atoms with Gasteiger partial charge in [0.2, 0.25) is 0 Å². The molecule has 2 N–H and O–H groups in total. The van der Waals surface area contributed by atoms with E-state index >= 15 is 0 Å². The van der Waals surface area contributed by atoms with E-state index in [0.717, 1.165) is 0 Å². The minimum Gasteiger partial charge on any atom is -0.480 e. The summed E-state index contributed by atoms with van der Waals surface area (Å²) >= 11 is 0. The Balaban J connectivity index is 2.64. The highest BCUT2D eigenvalue weighted by Gasteiger charge is 2.23. The number of aliphatic carboxylic acids is 1. The molecule has 0 bridgehead atoms. The van der Waals surface area contributed by atoms with Crippen molar-refractivity contribution >= 4 is 27.4 Å². The number of amides is 1. The Morgan fingerprint density at radius 2 is 2.00 bits per heavy atom. The van der Waals surface area contributed by atoms with E-state index in [9.17, 15) is 28.1 Å². The number of carbonyl (C=O) groups excluding carboxylic acids is 1. The van der Waals surface area contributed by atoms with Crippen molar-refractivity contribution in [1.82, 2.24) is 5.32 Å². The Labute approximate surface area is 143 Å². The lowest BCUT2D eigenvalue weighted by Crippen LogP contribution is -2.44. The van der Waals surface area contributed by atoms with Crippen molar-refractivity contribution in [1.29, 1.82) is 0 Å². The zero-order chi connectivity index (χ0) is 19.0. The number of rotatable bonds is 10. The molecule has 0 aliphatic rings. The molecule has 0 aliphatic carbocycles. The lowest BCUT2D eigenvalue weighted by atomic mass is 10.2. The van der Waals surface area contributed by atoms with Crippen molar-refractivity contribution in [2.24, 2.45) is 0 Å². The number of carboxylic acid groups (broad SMARTS) is 1. The predicted molar refractivity (Wildman–Crippen MR) is 87.1 cm³/mol. The molecule has 25 heavy (non-hydrogen) atoms. The maximum atomic E-state index is 11.8. The number of carboxylic acids is 1. The number of nitro groups is 1. The molecule has 0 aromatic heterocycles. The van der Waals surface area contributed by atoms with Crippen molar-refractivity contribution < 1.29 is 32.8 Å². The second-order valence-corrected chi connectivity index (χ2v) is 7.47. The molecule has 1 aromatic carbocycles. The Hall–Kier alpha value is -2.69. The maximum Gasteiger partial charge on any atom is 0.326 e. The van der Waals surface area contributed by atoms with Crippen LogP contribution in [0.15, 0.2) is 24.3 Å². The van der Waals surface area contributed by atoms with Crippen LogP contribution in [-0.2, 0) is 19.4 Å². The van der Waals surface area contributed by atoms with Gasteiger partial charge < -0.3 is 15.2 Å². The quantitative estimate of drug-likeness (QED) is 0.440. The fourth-order valence-corrected chi connectivity index (χ4v) is 2.69. The lowest BCUT2D eigenvalue weighted by molar-refractivity contribution is -0.385. The highest BCUT2D eigenvalue weighted by atomic mass is 32.2. The van der Waals surface area contributed by atoms with Gasteiger partial charge >= 0.3 is 11.7 Å². The fraction of sp³-hybridized carbons (Fsp3) is 0.429. The van der Waals surface area contributed by atoms with Gasteiger partial charge in [0.1, 0.15) is 15.9 Å². The van der Waals surface area contributed by atoms with Gasteiger partial charge in [0.05, 0.1) is 10.7 Å². The summed E-state index contributed by atoms with van der Waals surface area (Å²) in [5.74, 6) is -2.87. The summed E-state index contributed by atoms with van der Waals surface area (Å²) < 4.78 is 27.9. The third-order valence-electron chi connectivity index (χ3n) is 3.21. The van der Waals surface area contributed by atoms with Crippen LogP contribution in [0.2, 0.25) is 0 Å². The first-order chi connectivity index (χ1) is 11.7. The molecule has 0 heterocycles. The van der Waals surface area contributed by atoms with Crippen LogP contribution >= 0.6 is 0 Å². The Morgan fingerprint density at radius 3 is 2.56 bits per heavy atom. The van der Waals surface area contributed by atoms with Gasteiger partial charge in [0.15, 0.2) is 12.4 Å². The minimum absolute atomic E-state index is 0.131. The number of ether oxygens (including phenoxy) is 1. The van der Waals surface area contributed by atoms with Crippen LogP contribution in [0, 0.1) is 10.1 Å². The van der Waals surface area contributed by atoms with Gasteiger partial charge in [-0.2, -0.15) is 0 Å². The fourth-order valence-electron chi connectivity index (χ4n) is 1.81. The topological polar surface area (TPSA) is 153 Å². The van der Waals surface area contributed by atoms with Gasteiger partial charge in [0, 0.05) is 11.8 Å². The molecule has 0 spiro atoms. The summed E-state index contributed by atoms with van der Waals surface area (Å²) in [5, 5.41) is 22.0. The van der Waals surface area contributed by atoms with E-state index in [1.54, 1.807) is 0 Å². The number of benzene rings is 1. The third-order valence-corrected chi connectivity index (χ3v) is 4.95. The number of nitrogens with zero attached hydrogens (tertiary/aromatic N) is 1. The van der Waals surface area contributed by atoms with Gasteiger partial charge in [-0.1, -0.05) is 19.1 Å². The molecule has 0 fully saturated rings. The highest BCUT2D eigenvalue weighted by Crippen LogP contribution is 2.25. The monoisotopic (exact) mass is 374 g/mol. The molecule has 0 saturated heterocycles. The zero-order valence-electron chi connectivity index (χ0n) is 13.4. The van der Waals surface area contributed by atoms with Crippen LogP contribution in [0.4, 0.5) is 5.69 Å². The summed E-state index contributed by atoms with van der Waals surface area (Å²) in [6.45, 7) is 0.791. The number of nitrogens with one attached hydrogen (secondary N) is 1. The molecular formula is C14H18N2O8S. The smallest absolute Gasteiger partial charge is 0.326 e. The molecular weight excluding hydrogens is 356 g/mol. The molecule has 10 nitrogen and oxygen atoms in total. The molecule has 0 aliphatic heterocycles. The SMILES string of the molecule is CCS(=O)(=O)CCC(NC(=O)COc1ccccc1[N+](=O)[O-])C(=O)O. The second kappa shape index (κ2) is 8.97. The Morgan fingerprint density at radius 1 is 1.36 bits per heavy atom. The predicted octanol–water partition coefficient (Wildman–Crippen LogP) is 0.368. The van der Waals surface area contributed by atoms with Crippen molar-refractivity contribution in [2.75, 3.05) is 18.1 Å². The van der Waals surface area contributed by atoms with Crippen molar-refractivity contribution in [2.45, 2.75) is 19.4 Å². The van der Waals surface area contributed by atoms with Crippen LogP contribution in [0.25, 0.3) is 0 Å². The van der Waals surface area contributed by atoms with E-state index in [0.29, 0.717) is 0 Å². The van der Waals surface area contributed by atoms with E-state index < -0.39 is 39.3 Å². The molecule has 1 rings (SSSR count). The number of sulfone groups is 1. The number of nitro benzene ring substituents is 1. The normalized spacial score (nSPS) is 12.2. The molecule has 1 unspecified atom stereocenters. The maximum absolute atomic E-state index is 11.8. The van der Waals surface area contributed by atoms with Crippen molar-refractivity contribution in [3.05, 3.63) is 34.4 Å². The van der Waals surface area contributed by atoms with Crippen molar-refractivity contribution in [3.63, 3.8) is 0 Å². The number of carbonyl (C=O) groups is 2.